The molecule has 0 unspecified atom stereocenters. The third-order valence-corrected chi connectivity index (χ3v) is 3.62. The average Bonchev–Trinajstić information content (AvgIpc) is 2.26. The molecule has 110 valence electrons. The van der Waals surface area contributed by atoms with Crippen molar-refractivity contribution in [2.75, 3.05) is 0 Å². The van der Waals surface area contributed by atoms with E-state index >= 15 is 0 Å². The van der Waals surface area contributed by atoms with Crippen molar-refractivity contribution in [2.45, 2.75) is 45.8 Å². The zero-order chi connectivity index (χ0) is 15.7. The highest BCUT2D eigenvalue weighted by Gasteiger charge is 2.40. The molecule has 0 bridgehead atoms. The topological polar surface area (TPSA) is 92.8 Å². The molecule has 6 nitrogen and oxygen atoms in total. The first kappa shape index (κ1) is 16.6. The lowest BCUT2D eigenvalue weighted by Gasteiger charge is -2.38. The van der Waals surface area contributed by atoms with E-state index in [0.29, 0.717) is 11.0 Å². The van der Waals surface area contributed by atoms with E-state index in [-0.39, 0.29) is 5.69 Å². The lowest BCUT2D eigenvalue weighted by molar-refractivity contribution is -0.384. The molecule has 1 aromatic rings. The second kappa shape index (κ2) is 5.51. The Labute approximate surface area is 118 Å². The number of hydrogen-bond acceptors (Lipinski definition) is 5. The van der Waals surface area contributed by atoms with Gasteiger partial charge >= 0.3 is 7.12 Å². The van der Waals surface area contributed by atoms with Crippen LogP contribution in [0.1, 0.15) is 33.3 Å². The van der Waals surface area contributed by atoms with Crippen LogP contribution in [0.5, 0.6) is 0 Å². The highest BCUT2D eigenvalue weighted by atomic mass is 16.6. The normalized spacial score (nSPS) is 12.3. The first-order valence-electron chi connectivity index (χ1n) is 6.29. The first-order chi connectivity index (χ1) is 8.95. The zero-order valence-electron chi connectivity index (χ0n) is 12.4. The average molecular weight is 281 g/mol. The summed E-state index contributed by atoms with van der Waals surface area (Å²) in [6.07, 6.45) is 0. The molecule has 0 amide bonds. The number of nitro benzene ring substituents is 1. The van der Waals surface area contributed by atoms with Gasteiger partial charge in [0, 0.05) is 12.1 Å². The van der Waals surface area contributed by atoms with Crippen LogP contribution < -0.4 is 5.46 Å². The third kappa shape index (κ3) is 3.56. The lowest BCUT2D eigenvalue weighted by atomic mass is 9.74. The number of non-ortho nitro benzene ring substituents is 1. The predicted molar refractivity (Wildman–Crippen MR) is 76.9 cm³/mol. The van der Waals surface area contributed by atoms with E-state index in [2.05, 4.69) is 0 Å². The van der Waals surface area contributed by atoms with Gasteiger partial charge in [0.25, 0.3) is 5.69 Å². The molecule has 0 saturated carbocycles. The molecule has 0 radical (unpaired) electrons. The Hall–Kier alpha value is -1.44. The molecule has 0 aliphatic carbocycles. The van der Waals surface area contributed by atoms with Crippen LogP contribution in [0, 0.1) is 17.0 Å². The van der Waals surface area contributed by atoms with Gasteiger partial charge in [-0.1, -0.05) is 11.6 Å². The van der Waals surface area contributed by atoms with Crippen LogP contribution in [0.2, 0.25) is 0 Å². The molecule has 7 heteroatoms. The van der Waals surface area contributed by atoms with Gasteiger partial charge in [-0.3, -0.25) is 10.1 Å². The van der Waals surface area contributed by atoms with Crippen molar-refractivity contribution in [2.24, 2.45) is 0 Å². The summed E-state index contributed by atoms with van der Waals surface area (Å²) < 4.78 is 5.49. The SMILES string of the molecule is Cc1ccc([N+](=O)[O-])cc1B(O)OC(C)(C)C(C)(C)O. The van der Waals surface area contributed by atoms with Gasteiger partial charge in [-0.25, -0.2) is 0 Å². The molecular formula is C13H20BNO5. The Morgan fingerprint density at radius 3 is 2.30 bits per heavy atom. The molecule has 1 rings (SSSR count). The van der Waals surface area contributed by atoms with Crippen LogP contribution in [0.4, 0.5) is 5.69 Å². The maximum atomic E-state index is 10.8. The van der Waals surface area contributed by atoms with Crippen LogP contribution in [-0.4, -0.2) is 33.4 Å². The maximum Gasteiger partial charge on any atom is 0.492 e. The number of hydrogen-bond donors (Lipinski definition) is 2. The number of benzene rings is 1. The fourth-order valence-corrected chi connectivity index (χ4v) is 1.49. The second-order valence-electron chi connectivity index (χ2n) is 5.84. The Kier molecular flexibility index (Phi) is 4.58. The van der Waals surface area contributed by atoms with Gasteiger partial charge < -0.3 is 14.8 Å². The summed E-state index contributed by atoms with van der Waals surface area (Å²) in [7, 11) is -1.35. The van der Waals surface area contributed by atoms with E-state index < -0.39 is 23.2 Å². The molecule has 0 atom stereocenters. The molecule has 0 aromatic heterocycles. The largest absolute Gasteiger partial charge is 0.492 e. The Morgan fingerprint density at radius 1 is 1.30 bits per heavy atom. The Balaban J connectivity index is 3.07. The summed E-state index contributed by atoms with van der Waals surface area (Å²) >= 11 is 0. The van der Waals surface area contributed by atoms with Crippen molar-refractivity contribution < 1.29 is 19.7 Å². The van der Waals surface area contributed by atoms with Crippen LogP contribution in [-0.2, 0) is 4.65 Å². The predicted octanol–water partition coefficient (Wildman–Crippen LogP) is 1.16. The molecule has 0 fully saturated rings. The number of aliphatic hydroxyl groups is 1. The standard InChI is InChI=1S/C13H20BNO5/c1-9-6-7-10(15(18)19)8-11(9)14(17)20-13(4,5)12(2,3)16/h6-8,16-17H,1-5H3. The molecule has 0 saturated heterocycles. The minimum absolute atomic E-state index is 0.116. The van der Waals surface area contributed by atoms with Gasteiger partial charge in [-0.15, -0.1) is 0 Å². The van der Waals surface area contributed by atoms with Gasteiger partial charge in [0.15, 0.2) is 0 Å². The van der Waals surface area contributed by atoms with Crippen LogP contribution in [0.3, 0.4) is 0 Å². The minimum atomic E-state index is -1.35. The highest BCUT2D eigenvalue weighted by molar-refractivity contribution is 6.60. The van der Waals surface area contributed by atoms with Gasteiger partial charge in [0.05, 0.1) is 16.1 Å². The van der Waals surface area contributed by atoms with Crippen molar-refractivity contribution in [3.05, 3.63) is 33.9 Å². The number of aryl methyl sites for hydroxylation is 1. The van der Waals surface area contributed by atoms with E-state index in [1.807, 2.05) is 0 Å². The fourth-order valence-electron chi connectivity index (χ4n) is 1.49. The zero-order valence-corrected chi connectivity index (χ0v) is 12.4. The highest BCUT2D eigenvalue weighted by Crippen LogP contribution is 2.25. The van der Waals surface area contributed by atoms with Crippen LogP contribution in [0.15, 0.2) is 18.2 Å². The third-order valence-electron chi connectivity index (χ3n) is 3.62. The van der Waals surface area contributed by atoms with Crippen molar-refractivity contribution >= 4 is 18.3 Å². The van der Waals surface area contributed by atoms with Crippen molar-refractivity contribution in [3.63, 3.8) is 0 Å². The summed E-state index contributed by atoms with van der Waals surface area (Å²) in [6, 6.07) is 4.20. The van der Waals surface area contributed by atoms with Crippen LogP contribution in [0.25, 0.3) is 0 Å². The molecule has 20 heavy (non-hydrogen) atoms. The summed E-state index contributed by atoms with van der Waals surface area (Å²) in [4.78, 5) is 10.2. The quantitative estimate of drug-likeness (QED) is 0.480. The number of nitrogens with zero attached hydrogens (tertiary/aromatic N) is 1. The van der Waals surface area contributed by atoms with Crippen molar-refractivity contribution in [1.82, 2.24) is 0 Å². The van der Waals surface area contributed by atoms with Crippen LogP contribution >= 0.6 is 0 Å². The summed E-state index contributed by atoms with van der Waals surface area (Å²) in [5, 5.41) is 30.9. The second-order valence-corrected chi connectivity index (χ2v) is 5.84. The molecule has 0 heterocycles. The molecule has 0 aliphatic rings. The summed E-state index contributed by atoms with van der Waals surface area (Å²) in [5.74, 6) is 0. The van der Waals surface area contributed by atoms with Gasteiger partial charge in [0.1, 0.15) is 0 Å². The van der Waals surface area contributed by atoms with E-state index in [4.69, 9.17) is 4.65 Å². The first-order valence-corrected chi connectivity index (χ1v) is 6.29. The molecule has 2 N–H and O–H groups in total. The minimum Gasteiger partial charge on any atom is -0.423 e. The molecular weight excluding hydrogens is 261 g/mol. The lowest BCUT2D eigenvalue weighted by Crippen LogP contribution is -2.53. The maximum absolute atomic E-state index is 10.8. The molecule has 0 aliphatic heterocycles. The van der Waals surface area contributed by atoms with Crippen molar-refractivity contribution in [1.29, 1.82) is 0 Å². The summed E-state index contributed by atoms with van der Waals surface area (Å²) in [5.41, 5.74) is -1.33. The van der Waals surface area contributed by atoms with E-state index in [9.17, 15) is 20.2 Å². The van der Waals surface area contributed by atoms with Gasteiger partial charge in [0.2, 0.25) is 0 Å². The monoisotopic (exact) mass is 281 g/mol. The van der Waals surface area contributed by atoms with E-state index in [1.54, 1.807) is 40.7 Å². The van der Waals surface area contributed by atoms with Gasteiger partial charge in [-0.2, -0.15) is 0 Å². The van der Waals surface area contributed by atoms with Gasteiger partial charge in [-0.05, 0) is 40.1 Å². The Morgan fingerprint density at radius 2 is 1.85 bits per heavy atom. The number of nitro groups is 1. The van der Waals surface area contributed by atoms with E-state index in [1.165, 1.54) is 12.1 Å². The number of rotatable bonds is 5. The fraction of sp³-hybridized carbons (Fsp3) is 0.538. The van der Waals surface area contributed by atoms with E-state index in [0.717, 1.165) is 0 Å². The summed E-state index contributed by atoms with van der Waals surface area (Å²) in [6.45, 7) is 8.15. The molecule has 0 spiro atoms. The van der Waals surface area contributed by atoms with Crippen molar-refractivity contribution in [3.8, 4) is 0 Å². The Bertz CT molecular complexity index is 510. The molecule has 1 aromatic carbocycles. The smallest absolute Gasteiger partial charge is 0.423 e.